The Morgan fingerprint density at radius 1 is 1.08 bits per heavy atom. The van der Waals surface area contributed by atoms with Gasteiger partial charge < -0.3 is 5.32 Å². The number of benzene rings is 2. The van der Waals surface area contributed by atoms with E-state index in [1.54, 1.807) is 6.07 Å². The largest absolute Gasteiger partial charge is 0.324 e. The van der Waals surface area contributed by atoms with Crippen molar-refractivity contribution in [1.82, 2.24) is 10.9 Å². The van der Waals surface area contributed by atoms with Crippen LogP contribution in [-0.4, -0.2) is 23.0 Å². The van der Waals surface area contributed by atoms with Crippen LogP contribution >= 0.6 is 11.8 Å². The Kier molecular flexibility index (Phi) is 4.99. The first kappa shape index (κ1) is 17.0. The molecule has 2 aromatic carbocycles. The van der Waals surface area contributed by atoms with Gasteiger partial charge in [0.1, 0.15) is 5.82 Å². The lowest BCUT2D eigenvalue weighted by molar-refractivity contribution is -0.124. The Bertz CT molecular complexity index is 843. The Balaban J connectivity index is 1.56. The Morgan fingerprint density at radius 3 is 2.60 bits per heavy atom. The number of hydrogen-bond acceptors (Lipinski definition) is 4. The van der Waals surface area contributed by atoms with Crippen molar-refractivity contribution in [2.24, 2.45) is 0 Å². The zero-order chi connectivity index (χ0) is 17.8. The Morgan fingerprint density at radius 2 is 1.80 bits per heavy atom. The maximum absolute atomic E-state index is 13.5. The van der Waals surface area contributed by atoms with Gasteiger partial charge in [-0.05, 0) is 24.3 Å². The standard InChI is InChI=1S/C17H14FN3O3S/c18-11-6-2-1-5-10(11)16(23)21-20-15(22)9-14-17(24)19-12-7-3-4-8-13(12)25-14/h1-8,14H,9H2,(H,19,24)(H,20,22)(H,21,23)/t14-/m1/s1. The van der Waals surface area contributed by atoms with Crippen LogP contribution in [0.3, 0.4) is 0 Å². The molecule has 8 heteroatoms. The fraction of sp³-hybridized carbons (Fsp3) is 0.118. The quantitative estimate of drug-likeness (QED) is 0.733. The summed E-state index contributed by atoms with van der Waals surface area (Å²) in [6.07, 6.45) is -0.123. The predicted octanol–water partition coefficient (Wildman–Crippen LogP) is 2.09. The number of rotatable bonds is 3. The van der Waals surface area contributed by atoms with E-state index in [9.17, 15) is 18.8 Å². The second kappa shape index (κ2) is 7.35. The van der Waals surface area contributed by atoms with Gasteiger partial charge in [0.15, 0.2) is 0 Å². The minimum Gasteiger partial charge on any atom is -0.324 e. The molecule has 0 radical (unpaired) electrons. The third kappa shape index (κ3) is 3.97. The molecule has 0 fully saturated rings. The topological polar surface area (TPSA) is 87.3 Å². The average molecular weight is 359 g/mol. The summed E-state index contributed by atoms with van der Waals surface area (Å²) in [5, 5.41) is 2.13. The highest BCUT2D eigenvalue weighted by atomic mass is 32.2. The van der Waals surface area contributed by atoms with Gasteiger partial charge in [-0.3, -0.25) is 25.2 Å². The number of hydrazine groups is 1. The maximum atomic E-state index is 13.5. The minimum absolute atomic E-state index is 0.123. The van der Waals surface area contributed by atoms with Crippen molar-refractivity contribution in [1.29, 1.82) is 0 Å². The van der Waals surface area contributed by atoms with Crippen LogP contribution in [-0.2, 0) is 9.59 Å². The summed E-state index contributed by atoms with van der Waals surface area (Å²) in [5.41, 5.74) is 4.88. The zero-order valence-electron chi connectivity index (χ0n) is 12.9. The fourth-order valence-corrected chi connectivity index (χ4v) is 3.40. The number of halogens is 1. The average Bonchev–Trinajstić information content (AvgIpc) is 2.61. The third-order valence-corrected chi connectivity index (χ3v) is 4.79. The number of fused-ring (bicyclic) bond motifs is 1. The number of nitrogens with one attached hydrogen (secondary N) is 3. The van der Waals surface area contributed by atoms with Crippen LogP contribution in [0.25, 0.3) is 0 Å². The first-order chi connectivity index (χ1) is 12.0. The molecule has 1 aliphatic heterocycles. The molecule has 1 heterocycles. The van der Waals surface area contributed by atoms with Crippen molar-refractivity contribution in [3.8, 4) is 0 Å². The fourth-order valence-electron chi connectivity index (χ4n) is 2.29. The van der Waals surface area contributed by atoms with Crippen molar-refractivity contribution < 1.29 is 18.8 Å². The first-order valence-corrected chi connectivity index (χ1v) is 8.33. The lowest BCUT2D eigenvalue weighted by Gasteiger charge is -2.23. The third-order valence-electron chi connectivity index (χ3n) is 3.51. The van der Waals surface area contributed by atoms with E-state index in [1.165, 1.54) is 30.0 Å². The summed E-state index contributed by atoms with van der Waals surface area (Å²) < 4.78 is 13.5. The first-order valence-electron chi connectivity index (χ1n) is 7.45. The molecule has 0 aliphatic carbocycles. The van der Waals surface area contributed by atoms with Gasteiger partial charge in [-0.2, -0.15) is 0 Å². The van der Waals surface area contributed by atoms with Crippen LogP contribution in [0.5, 0.6) is 0 Å². The molecule has 128 valence electrons. The van der Waals surface area contributed by atoms with Crippen LogP contribution in [0.2, 0.25) is 0 Å². The summed E-state index contributed by atoms with van der Waals surface area (Å²) in [6, 6.07) is 12.7. The normalized spacial score (nSPS) is 15.7. The van der Waals surface area contributed by atoms with Gasteiger partial charge in [-0.1, -0.05) is 24.3 Å². The molecule has 25 heavy (non-hydrogen) atoms. The summed E-state index contributed by atoms with van der Waals surface area (Å²) >= 11 is 1.28. The van der Waals surface area contributed by atoms with E-state index in [0.29, 0.717) is 5.69 Å². The Hall–Kier alpha value is -2.87. The smallest absolute Gasteiger partial charge is 0.272 e. The van der Waals surface area contributed by atoms with E-state index in [1.807, 2.05) is 18.2 Å². The summed E-state index contributed by atoms with van der Waals surface area (Å²) in [5.74, 6) is -2.28. The van der Waals surface area contributed by atoms with E-state index >= 15 is 0 Å². The number of carbonyl (C=O) groups excluding carboxylic acids is 3. The second-order valence-corrected chi connectivity index (χ2v) is 6.52. The summed E-state index contributed by atoms with van der Waals surface area (Å²) in [6.45, 7) is 0. The number of amides is 3. The number of anilines is 1. The molecule has 2 aromatic rings. The Labute approximate surface area is 147 Å². The highest BCUT2D eigenvalue weighted by molar-refractivity contribution is 8.01. The number of para-hydroxylation sites is 1. The van der Waals surface area contributed by atoms with Crippen LogP contribution in [0, 0.1) is 5.82 Å². The summed E-state index contributed by atoms with van der Waals surface area (Å²) in [7, 11) is 0. The van der Waals surface area contributed by atoms with Gasteiger partial charge >= 0.3 is 0 Å². The van der Waals surface area contributed by atoms with Gasteiger partial charge in [0, 0.05) is 11.3 Å². The monoisotopic (exact) mass is 359 g/mol. The van der Waals surface area contributed by atoms with Crippen LogP contribution in [0.1, 0.15) is 16.8 Å². The molecule has 0 spiro atoms. The maximum Gasteiger partial charge on any atom is 0.272 e. The highest BCUT2D eigenvalue weighted by Crippen LogP contribution is 2.36. The predicted molar refractivity (Wildman–Crippen MR) is 91.3 cm³/mol. The molecular formula is C17H14FN3O3S. The van der Waals surface area contributed by atoms with Crippen molar-refractivity contribution in [3.63, 3.8) is 0 Å². The molecule has 3 rings (SSSR count). The molecule has 0 saturated carbocycles. The molecule has 3 amide bonds. The lowest BCUT2D eigenvalue weighted by atomic mass is 10.2. The molecule has 0 unspecified atom stereocenters. The number of carbonyl (C=O) groups is 3. The molecule has 0 bridgehead atoms. The van der Waals surface area contributed by atoms with E-state index in [0.717, 1.165) is 11.0 Å². The molecule has 3 N–H and O–H groups in total. The van der Waals surface area contributed by atoms with Gasteiger partial charge in [-0.25, -0.2) is 4.39 Å². The second-order valence-electron chi connectivity index (χ2n) is 5.28. The van der Waals surface area contributed by atoms with E-state index in [-0.39, 0.29) is 17.9 Å². The molecule has 0 aromatic heterocycles. The molecule has 1 aliphatic rings. The minimum atomic E-state index is -0.766. The molecule has 1 atom stereocenters. The molecule has 6 nitrogen and oxygen atoms in total. The van der Waals surface area contributed by atoms with Crippen molar-refractivity contribution in [2.45, 2.75) is 16.6 Å². The van der Waals surface area contributed by atoms with E-state index in [4.69, 9.17) is 0 Å². The van der Waals surface area contributed by atoms with Crippen molar-refractivity contribution in [2.75, 3.05) is 5.32 Å². The zero-order valence-corrected chi connectivity index (χ0v) is 13.7. The highest BCUT2D eigenvalue weighted by Gasteiger charge is 2.28. The molecular weight excluding hydrogens is 345 g/mol. The van der Waals surface area contributed by atoms with Crippen LogP contribution in [0.4, 0.5) is 10.1 Å². The van der Waals surface area contributed by atoms with Gasteiger partial charge in [-0.15, -0.1) is 11.8 Å². The summed E-state index contributed by atoms with van der Waals surface area (Å²) in [4.78, 5) is 36.7. The number of hydrogen-bond donors (Lipinski definition) is 3. The van der Waals surface area contributed by atoms with E-state index < -0.39 is 22.9 Å². The SMILES string of the molecule is O=C(C[C@H]1Sc2ccccc2NC1=O)NNC(=O)c1ccccc1F. The van der Waals surface area contributed by atoms with Gasteiger partial charge in [0.25, 0.3) is 5.91 Å². The van der Waals surface area contributed by atoms with Gasteiger partial charge in [0.2, 0.25) is 11.8 Å². The number of thioether (sulfide) groups is 1. The van der Waals surface area contributed by atoms with Crippen LogP contribution < -0.4 is 16.2 Å². The lowest BCUT2D eigenvalue weighted by Crippen LogP contribution is -2.44. The van der Waals surface area contributed by atoms with Crippen molar-refractivity contribution >= 4 is 35.2 Å². The molecule has 0 saturated heterocycles. The van der Waals surface area contributed by atoms with E-state index in [2.05, 4.69) is 16.2 Å². The van der Waals surface area contributed by atoms with Crippen molar-refractivity contribution in [3.05, 3.63) is 59.9 Å². The van der Waals surface area contributed by atoms with Gasteiger partial charge in [0.05, 0.1) is 16.5 Å². The van der Waals surface area contributed by atoms with Crippen LogP contribution in [0.15, 0.2) is 53.4 Å².